The summed E-state index contributed by atoms with van der Waals surface area (Å²) in [6, 6.07) is 22.2. The first-order chi connectivity index (χ1) is 17.6. The molecular weight excluding hydrogens is 472 g/mol. The maximum absolute atomic E-state index is 6.74. The van der Waals surface area contributed by atoms with Gasteiger partial charge in [0, 0.05) is 16.7 Å². The summed E-state index contributed by atoms with van der Waals surface area (Å²) in [5, 5.41) is 9.17. The third kappa shape index (κ3) is 3.69. The molecule has 0 aliphatic carbocycles. The summed E-state index contributed by atoms with van der Waals surface area (Å²) in [5.41, 5.74) is 6.31. The molecule has 8 heteroatoms. The van der Waals surface area contributed by atoms with Crippen molar-refractivity contribution >= 4 is 23.4 Å². The fourth-order valence-electron chi connectivity index (χ4n) is 4.90. The molecule has 0 spiro atoms. The number of aryl methyl sites for hydroxylation is 1. The lowest BCUT2D eigenvalue weighted by Gasteiger charge is -2.39. The first kappa shape index (κ1) is 22.5. The van der Waals surface area contributed by atoms with E-state index in [0.717, 1.165) is 50.8 Å². The van der Waals surface area contributed by atoms with Crippen molar-refractivity contribution < 1.29 is 14.2 Å². The average Bonchev–Trinajstić information content (AvgIpc) is 3.34. The van der Waals surface area contributed by atoms with E-state index in [1.165, 1.54) is 11.8 Å². The zero-order valence-corrected chi connectivity index (χ0v) is 21.3. The average molecular weight is 499 g/mol. The number of hydrogen-bond acceptors (Lipinski definition) is 7. The van der Waals surface area contributed by atoms with Crippen LogP contribution in [-0.4, -0.2) is 35.2 Å². The lowest BCUT2D eigenvalue weighted by Crippen LogP contribution is -2.32. The number of nitrogens with zero attached hydrogens (tertiary/aromatic N) is 3. The Bertz CT molecular complexity index is 1480. The molecule has 4 aromatic rings. The van der Waals surface area contributed by atoms with E-state index in [1.54, 1.807) is 14.2 Å². The Morgan fingerprint density at radius 1 is 0.944 bits per heavy atom. The second-order valence-corrected chi connectivity index (χ2v) is 9.55. The molecule has 0 saturated carbocycles. The zero-order chi connectivity index (χ0) is 24.8. The molecule has 36 heavy (non-hydrogen) atoms. The van der Waals surface area contributed by atoms with Crippen LogP contribution in [0.15, 0.2) is 77.5 Å². The molecule has 0 amide bonds. The van der Waals surface area contributed by atoms with Gasteiger partial charge in [-0.2, -0.15) is 4.98 Å². The predicted molar refractivity (Wildman–Crippen MR) is 141 cm³/mol. The number of methoxy groups -OCH3 is 2. The van der Waals surface area contributed by atoms with Gasteiger partial charge in [0.15, 0.2) is 0 Å². The predicted octanol–water partition coefficient (Wildman–Crippen LogP) is 5.89. The Labute approximate surface area is 214 Å². The fraction of sp³-hybridized carbons (Fsp3) is 0.214. The van der Waals surface area contributed by atoms with Crippen LogP contribution in [0.5, 0.6) is 17.2 Å². The maximum atomic E-state index is 6.74. The van der Waals surface area contributed by atoms with Crippen LogP contribution >= 0.6 is 11.8 Å². The SMILES string of the molecule is COc1ccc(C2C3=C(Nc4nc(SC)nn42)c2cc(C)ccc2OC3c2cccc(OC)c2)cc1. The first-order valence-electron chi connectivity index (χ1n) is 11.7. The van der Waals surface area contributed by atoms with Crippen LogP contribution in [0, 0.1) is 6.92 Å². The van der Waals surface area contributed by atoms with Crippen LogP contribution in [0.4, 0.5) is 5.95 Å². The second-order valence-electron chi connectivity index (χ2n) is 8.77. The molecule has 182 valence electrons. The number of aromatic nitrogens is 3. The molecule has 2 unspecified atom stereocenters. The van der Waals surface area contributed by atoms with Crippen molar-refractivity contribution in [1.29, 1.82) is 0 Å². The molecule has 1 aromatic heterocycles. The maximum Gasteiger partial charge on any atom is 0.227 e. The molecule has 3 aromatic carbocycles. The molecule has 0 bridgehead atoms. The van der Waals surface area contributed by atoms with Gasteiger partial charge in [0.2, 0.25) is 11.1 Å². The molecule has 0 fully saturated rings. The van der Waals surface area contributed by atoms with E-state index in [2.05, 4.69) is 42.6 Å². The molecule has 6 rings (SSSR count). The highest BCUT2D eigenvalue weighted by Gasteiger charge is 2.41. The highest BCUT2D eigenvalue weighted by atomic mass is 32.2. The van der Waals surface area contributed by atoms with Gasteiger partial charge in [0.25, 0.3) is 0 Å². The Morgan fingerprint density at radius 3 is 2.50 bits per heavy atom. The van der Waals surface area contributed by atoms with Gasteiger partial charge < -0.3 is 19.5 Å². The summed E-state index contributed by atoms with van der Waals surface area (Å²) in [7, 11) is 3.35. The van der Waals surface area contributed by atoms with Crippen LogP contribution in [0.25, 0.3) is 5.70 Å². The molecular formula is C28H26N4O3S. The fourth-order valence-corrected chi connectivity index (χ4v) is 5.24. The minimum absolute atomic E-state index is 0.236. The normalized spacial score (nSPS) is 17.9. The van der Waals surface area contributed by atoms with Gasteiger partial charge in [-0.15, -0.1) is 5.10 Å². The summed E-state index contributed by atoms with van der Waals surface area (Å²) in [6.45, 7) is 2.09. The van der Waals surface area contributed by atoms with Crippen molar-refractivity contribution in [3.63, 3.8) is 0 Å². The first-order valence-corrected chi connectivity index (χ1v) is 12.9. The van der Waals surface area contributed by atoms with Crippen molar-refractivity contribution in [2.75, 3.05) is 25.8 Å². The molecule has 0 saturated heterocycles. The number of fused-ring (bicyclic) bond motifs is 3. The van der Waals surface area contributed by atoms with Gasteiger partial charge >= 0.3 is 0 Å². The highest BCUT2D eigenvalue weighted by Crippen LogP contribution is 2.51. The Hall–Kier alpha value is -3.91. The minimum atomic E-state index is -0.361. The highest BCUT2D eigenvalue weighted by molar-refractivity contribution is 7.98. The summed E-state index contributed by atoms with van der Waals surface area (Å²) >= 11 is 1.52. The van der Waals surface area contributed by atoms with E-state index in [-0.39, 0.29) is 12.1 Å². The number of nitrogens with one attached hydrogen (secondary N) is 1. The lowest BCUT2D eigenvalue weighted by atomic mass is 9.84. The third-order valence-corrected chi connectivity index (χ3v) is 7.16. The summed E-state index contributed by atoms with van der Waals surface area (Å²) < 4.78 is 19.7. The number of benzene rings is 3. The van der Waals surface area contributed by atoms with Gasteiger partial charge in [-0.1, -0.05) is 47.7 Å². The Morgan fingerprint density at radius 2 is 1.75 bits per heavy atom. The van der Waals surface area contributed by atoms with Crippen LogP contribution in [0.1, 0.15) is 34.4 Å². The minimum Gasteiger partial charge on any atom is -0.497 e. The van der Waals surface area contributed by atoms with Crippen LogP contribution in [-0.2, 0) is 0 Å². The van der Waals surface area contributed by atoms with Crippen molar-refractivity contribution in [2.45, 2.75) is 24.2 Å². The number of hydrogen-bond donors (Lipinski definition) is 1. The largest absolute Gasteiger partial charge is 0.497 e. The molecule has 2 aliphatic heterocycles. The van der Waals surface area contributed by atoms with Crippen LogP contribution < -0.4 is 19.5 Å². The molecule has 7 nitrogen and oxygen atoms in total. The van der Waals surface area contributed by atoms with Gasteiger partial charge in [0.1, 0.15) is 29.4 Å². The van der Waals surface area contributed by atoms with E-state index >= 15 is 0 Å². The molecule has 3 heterocycles. The number of rotatable bonds is 5. The lowest BCUT2D eigenvalue weighted by molar-refractivity contribution is 0.222. The van der Waals surface area contributed by atoms with Gasteiger partial charge in [-0.25, -0.2) is 4.68 Å². The Balaban J connectivity index is 1.62. The third-order valence-electron chi connectivity index (χ3n) is 6.62. The van der Waals surface area contributed by atoms with E-state index in [0.29, 0.717) is 11.1 Å². The van der Waals surface area contributed by atoms with Crippen LogP contribution in [0.2, 0.25) is 0 Å². The van der Waals surface area contributed by atoms with Gasteiger partial charge in [-0.05, 0) is 55.1 Å². The number of thioether (sulfide) groups is 1. The van der Waals surface area contributed by atoms with E-state index in [9.17, 15) is 0 Å². The summed E-state index contributed by atoms with van der Waals surface area (Å²) in [5.74, 6) is 3.11. The topological polar surface area (TPSA) is 70.4 Å². The van der Waals surface area contributed by atoms with Crippen molar-refractivity contribution in [1.82, 2.24) is 14.8 Å². The zero-order valence-electron chi connectivity index (χ0n) is 20.5. The second kappa shape index (κ2) is 8.95. The van der Waals surface area contributed by atoms with Crippen molar-refractivity contribution in [3.8, 4) is 17.2 Å². The number of anilines is 1. The summed E-state index contributed by atoms with van der Waals surface area (Å²) in [6.07, 6.45) is 1.62. The van der Waals surface area contributed by atoms with Crippen molar-refractivity contribution in [3.05, 3.63) is 94.6 Å². The van der Waals surface area contributed by atoms with E-state index < -0.39 is 0 Å². The van der Waals surface area contributed by atoms with Gasteiger partial charge in [0.05, 0.1) is 19.9 Å². The van der Waals surface area contributed by atoms with Crippen LogP contribution in [0.3, 0.4) is 0 Å². The molecule has 2 aliphatic rings. The molecule has 0 radical (unpaired) electrons. The van der Waals surface area contributed by atoms with E-state index in [4.69, 9.17) is 24.3 Å². The van der Waals surface area contributed by atoms with E-state index in [1.807, 2.05) is 47.3 Å². The van der Waals surface area contributed by atoms with Gasteiger partial charge in [-0.3, -0.25) is 0 Å². The Kier molecular flexibility index (Phi) is 5.60. The summed E-state index contributed by atoms with van der Waals surface area (Å²) in [4.78, 5) is 4.77. The molecule has 2 atom stereocenters. The van der Waals surface area contributed by atoms with Crippen molar-refractivity contribution in [2.24, 2.45) is 0 Å². The number of ether oxygens (including phenoxy) is 3. The smallest absolute Gasteiger partial charge is 0.227 e. The monoisotopic (exact) mass is 498 g/mol. The quantitative estimate of drug-likeness (QED) is 0.344. The molecule has 1 N–H and O–H groups in total. The standard InChI is InChI=1S/C28H26N4O3S/c1-16-8-13-22-21(14-16)24-23(26(35-22)18-6-5-7-20(15-18)34-3)25(17-9-11-19(33-2)12-10-17)32-27(29-24)30-28(31-32)36-4/h5-15,25-26H,1-4H3,(H,29,30,31).